The van der Waals surface area contributed by atoms with Crippen molar-refractivity contribution in [1.82, 2.24) is 14.8 Å². The fraction of sp³-hybridized carbons (Fsp3) is 0.348. The molecule has 0 bridgehead atoms. The van der Waals surface area contributed by atoms with E-state index < -0.39 is 0 Å². The highest BCUT2D eigenvalue weighted by Crippen LogP contribution is 2.28. The SMILES string of the molecule is Cc1ccc(-c2nn(CC3CCCCC3)c(=O)nc2-c2ccccc2)cc1. The van der Waals surface area contributed by atoms with E-state index in [0.717, 1.165) is 16.8 Å². The third kappa shape index (κ3) is 4.00. The van der Waals surface area contributed by atoms with E-state index >= 15 is 0 Å². The van der Waals surface area contributed by atoms with Crippen LogP contribution in [0.25, 0.3) is 22.5 Å². The molecule has 1 aliphatic rings. The summed E-state index contributed by atoms with van der Waals surface area (Å²) >= 11 is 0. The molecule has 3 aromatic rings. The van der Waals surface area contributed by atoms with Gasteiger partial charge in [-0.1, -0.05) is 79.4 Å². The first-order chi connectivity index (χ1) is 13.2. The first-order valence-corrected chi connectivity index (χ1v) is 9.82. The van der Waals surface area contributed by atoms with Crippen molar-refractivity contribution in [3.63, 3.8) is 0 Å². The van der Waals surface area contributed by atoms with Gasteiger partial charge in [-0.2, -0.15) is 10.1 Å². The summed E-state index contributed by atoms with van der Waals surface area (Å²) in [7, 11) is 0. The van der Waals surface area contributed by atoms with E-state index in [1.807, 2.05) is 30.3 Å². The Balaban J connectivity index is 1.80. The third-order valence-electron chi connectivity index (χ3n) is 5.40. The van der Waals surface area contributed by atoms with Crippen LogP contribution in [-0.2, 0) is 6.54 Å². The van der Waals surface area contributed by atoms with Crippen molar-refractivity contribution in [2.75, 3.05) is 0 Å². The molecule has 0 aliphatic heterocycles. The average molecular weight is 359 g/mol. The minimum Gasteiger partial charge on any atom is -0.244 e. The molecule has 4 rings (SSSR count). The maximum Gasteiger partial charge on any atom is 0.364 e. The number of nitrogens with zero attached hydrogens (tertiary/aromatic N) is 3. The van der Waals surface area contributed by atoms with Crippen LogP contribution < -0.4 is 5.69 Å². The zero-order valence-electron chi connectivity index (χ0n) is 15.8. The summed E-state index contributed by atoms with van der Waals surface area (Å²) in [5.74, 6) is 0.527. The fourth-order valence-corrected chi connectivity index (χ4v) is 3.85. The molecule has 1 aliphatic carbocycles. The average Bonchev–Trinajstić information content (AvgIpc) is 2.71. The Morgan fingerprint density at radius 1 is 0.889 bits per heavy atom. The van der Waals surface area contributed by atoms with Crippen LogP contribution in [0.4, 0.5) is 0 Å². The second kappa shape index (κ2) is 7.87. The fourth-order valence-electron chi connectivity index (χ4n) is 3.85. The monoisotopic (exact) mass is 359 g/mol. The minimum absolute atomic E-state index is 0.254. The molecule has 0 saturated heterocycles. The summed E-state index contributed by atoms with van der Waals surface area (Å²) < 4.78 is 1.58. The molecular weight excluding hydrogens is 334 g/mol. The van der Waals surface area contributed by atoms with Gasteiger partial charge in [-0.05, 0) is 25.7 Å². The third-order valence-corrected chi connectivity index (χ3v) is 5.40. The summed E-state index contributed by atoms with van der Waals surface area (Å²) in [6, 6.07) is 18.1. The van der Waals surface area contributed by atoms with Gasteiger partial charge in [-0.15, -0.1) is 0 Å². The van der Waals surface area contributed by atoms with Crippen LogP contribution in [0, 0.1) is 12.8 Å². The van der Waals surface area contributed by atoms with Gasteiger partial charge in [0.1, 0.15) is 11.4 Å². The van der Waals surface area contributed by atoms with Crippen LogP contribution in [0.3, 0.4) is 0 Å². The summed E-state index contributed by atoms with van der Waals surface area (Å²) in [6.07, 6.45) is 6.15. The number of benzene rings is 2. The molecule has 1 heterocycles. The van der Waals surface area contributed by atoms with Crippen molar-refractivity contribution in [2.24, 2.45) is 5.92 Å². The van der Waals surface area contributed by atoms with Gasteiger partial charge in [0, 0.05) is 17.7 Å². The molecule has 0 spiro atoms. The van der Waals surface area contributed by atoms with Crippen LogP contribution in [-0.4, -0.2) is 14.8 Å². The number of hydrogen-bond donors (Lipinski definition) is 0. The van der Waals surface area contributed by atoms with E-state index in [4.69, 9.17) is 5.10 Å². The van der Waals surface area contributed by atoms with Gasteiger partial charge < -0.3 is 0 Å². The van der Waals surface area contributed by atoms with Gasteiger partial charge in [0.25, 0.3) is 0 Å². The lowest BCUT2D eigenvalue weighted by atomic mass is 9.89. The molecule has 1 fully saturated rings. The standard InChI is InChI=1S/C23H25N3O/c1-17-12-14-20(15-13-17)22-21(19-10-6-3-7-11-19)24-23(27)26(25-22)16-18-8-4-2-5-9-18/h3,6-7,10-15,18H,2,4-5,8-9,16H2,1H3. The van der Waals surface area contributed by atoms with Crippen molar-refractivity contribution in [3.05, 3.63) is 70.6 Å². The van der Waals surface area contributed by atoms with E-state index in [1.165, 1.54) is 37.7 Å². The molecule has 4 nitrogen and oxygen atoms in total. The van der Waals surface area contributed by atoms with Crippen molar-refractivity contribution in [2.45, 2.75) is 45.6 Å². The van der Waals surface area contributed by atoms with Crippen molar-refractivity contribution >= 4 is 0 Å². The first kappa shape index (κ1) is 17.7. The van der Waals surface area contributed by atoms with E-state index in [0.29, 0.717) is 18.2 Å². The highest BCUT2D eigenvalue weighted by molar-refractivity contribution is 5.77. The number of aromatic nitrogens is 3. The highest BCUT2D eigenvalue weighted by atomic mass is 16.1. The molecule has 2 aromatic carbocycles. The molecule has 1 aromatic heterocycles. The summed E-state index contributed by atoms with van der Waals surface area (Å²) in [6.45, 7) is 2.73. The van der Waals surface area contributed by atoms with Crippen LogP contribution >= 0.6 is 0 Å². The molecular formula is C23H25N3O. The molecule has 1 saturated carbocycles. The number of rotatable bonds is 4. The topological polar surface area (TPSA) is 47.8 Å². The second-order valence-electron chi connectivity index (χ2n) is 7.51. The van der Waals surface area contributed by atoms with Gasteiger partial charge >= 0.3 is 5.69 Å². The van der Waals surface area contributed by atoms with Crippen molar-refractivity contribution < 1.29 is 0 Å². The lowest BCUT2D eigenvalue weighted by Crippen LogP contribution is -2.30. The Labute approximate surface area is 159 Å². The van der Waals surface area contributed by atoms with Gasteiger partial charge in [0.05, 0.1) is 0 Å². The maximum atomic E-state index is 12.7. The summed E-state index contributed by atoms with van der Waals surface area (Å²) in [4.78, 5) is 17.2. The molecule has 27 heavy (non-hydrogen) atoms. The predicted molar refractivity (Wildman–Crippen MR) is 108 cm³/mol. The van der Waals surface area contributed by atoms with Gasteiger partial charge in [0.2, 0.25) is 0 Å². The van der Waals surface area contributed by atoms with E-state index in [1.54, 1.807) is 4.68 Å². The first-order valence-electron chi connectivity index (χ1n) is 9.82. The number of aryl methyl sites for hydroxylation is 1. The minimum atomic E-state index is -0.254. The summed E-state index contributed by atoms with van der Waals surface area (Å²) in [5.41, 5.74) is 4.28. The molecule has 0 radical (unpaired) electrons. The Hall–Kier alpha value is -2.75. The van der Waals surface area contributed by atoms with Crippen LogP contribution in [0.15, 0.2) is 59.4 Å². The maximum absolute atomic E-state index is 12.7. The van der Waals surface area contributed by atoms with Gasteiger partial charge in [-0.25, -0.2) is 9.48 Å². The molecule has 0 amide bonds. The largest absolute Gasteiger partial charge is 0.364 e. The lowest BCUT2D eigenvalue weighted by molar-refractivity contribution is 0.301. The van der Waals surface area contributed by atoms with Gasteiger partial charge in [-0.3, -0.25) is 0 Å². The van der Waals surface area contributed by atoms with Crippen LogP contribution in [0.1, 0.15) is 37.7 Å². The molecule has 4 heteroatoms. The van der Waals surface area contributed by atoms with Crippen molar-refractivity contribution in [1.29, 1.82) is 0 Å². The van der Waals surface area contributed by atoms with Crippen LogP contribution in [0.5, 0.6) is 0 Å². The Bertz CT molecular complexity index is 955. The molecule has 0 unspecified atom stereocenters. The normalized spacial score (nSPS) is 15.0. The van der Waals surface area contributed by atoms with E-state index in [-0.39, 0.29) is 5.69 Å². The second-order valence-corrected chi connectivity index (χ2v) is 7.51. The van der Waals surface area contributed by atoms with E-state index in [9.17, 15) is 4.79 Å². The predicted octanol–water partition coefficient (Wildman–Crippen LogP) is 4.86. The van der Waals surface area contributed by atoms with Crippen molar-refractivity contribution in [3.8, 4) is 22.5 Å². The number of hydrogen-bond acceptors (Lipinski definition) is 3. The van der Waals surface area contributed by atoms with E-state index in [2.05, 4.69) is 36.2 Å². The smallest absolute Gasteiger partial charge is 0.244 e. The Morgan fingerprint density at radius 3 is 2.26 bits per heavy atom. The molecule has 138 valence electrons. The zero-order valence-corrected chi connectivity index (χ0v) is 15.8. The van der Waals surface area contributed by atoms with Crippen LogP contribution in [0.2, 0.25) is 0 Å². The lowest BCUT2D eigenvalue weighted by Gasteiger charge is -2.22. The highest BCUT2D eigenvalue weighted by Gasteiger charge is 2.19. The molecule has 0 atom stereocenters. The Morgan fingerprint density at radius 2 is 1.56 bits per heavy atom. The molecule has 0 N–H and O–H groups in total. The quantitative estimate of drug-likeness (QED) is 0.668. The Kier molecular flexibility index (Phi) is 5.14. The summed E-state index contributed by atoms with van der Waals surface area (Å²) in [5, 5.41) is 4.78. The van der Waals surface area contributed by atoms with Gasteiger partial charge in [0.15, 0.2) is 0 Å². The zero-order chi connectivity index (χ0) is 18.6.